The molecule has 2 rings (SSSR count). The molecule has 2 amide bonds. The molecule has 1 aromatic carbocycles. The van der Waals surface area contributed by atoms with E-state index in [1.165, 1.54) is 5.56 Å². The van der Waals surface area contributed by atoms with E-state index in [0.717, 1.165) is 33.1 Å². The number of hydrogen-bond donors (Lipinski definition) is 1. The molecule has 1 saturated heterocycles. The number of carbonyl (C=O) groups excluding carboxylic acids is 2. The Hall–Kier alpha value is -1.40. The first-order valence-electron chi connectivity index (χ1n) is 9.08. The van der Waals surface area contributed by atoms with Gasteiger partial charge in [0, 0.05) is 47.8 Å². The number of allylic oxidation sites excluding steroid dienone is 1. The normalized spacial score (nSPS) is 15.3. The molecule has 1 heterocycles. The van der Waals surface area contributed by atoms with E-state index < -0.39 is 0 Å². The summed E-state index contributed by atoms with van der Waals surface area (Å²) < 4.78 is 0.921. The van der Waals surface area contributed by atoms with E-state index >= 15 is 0 Å². The third kappa shape index (κ3) is 5.07. The summed E-state index contributed by atoms with van der Waals surface area (Å²) in [6, 6.07) is 4.16. The number of aryl methyl sites for hydroxylation is 2. The molecular weight excluding hydrogens is 364 g/mol. The molecule has 6 heteroatoms. The minimum atomic E-state index is 0.0692. The predicted octanol–water partition coefficient (Wildman–Crippen LogP) is 4.14. The summed E-state index contributed by atoms with van der Waals surface area (Å²) >= 11 is 6.04. The van der Waals surface area contributed by atoms with E-state index in [0.29, 0.717) is 26.2 Å². The second-order valence-electron chi connectivity index (χ2n) is 6.55. The van der Waals surface area contributed by atoms with Gasteiger partial charge in [-0.05, 0) is 37.5 Å². The van der Waals surface area contributed by atoms with Gasteiger partial charge in [-0.3, -0.25) is 9.59 Å². The minimum absolute atomic E-state index is 0.0692. The van der Waals surface area contributed by atoms with Crippen molar-refractivity contribution in [2.45, 2.75) is 45.4 Å². The minimum Gasteiger partial charge on any atom is -0.339 e. The molecule has 1 aliphatic rings. The average Bonchev–Trinajstić information content (AvgIpc) is 2.63. The largest absolute Gasteiger partial charge is 0.339 e. The number of thiol groups is 1. The molecule has 1 aromatic rings. The van der Waals surface area contributed by atoms with E-state index in [1.54, 1.807) is 23.6 Å². The lowest BCUT2D eigenvalue weighted by Gasteiger charge is -2.34. The van der Waals surface area contributed by atoms with Gasteiger partial charge in [-0.15, -0.1) is 12.6 Å². The summed E-state index contributed by atoms with van der Waals surface area (Å²) in [5, 5.41) is 0. The van der Waals surface area contributed by atoms with Crippen LogP contribution in [0.5, 0.6) is 0 Å². The van der Waals surface area contributed by atoms with Crippen LogP contribution in [0.2, 0.25) is 0 Å². The summed E-state index contributed by atoms with van der Waals surface area (Å²) in [4.78, 5) is 29.4. The van der Waals surface area contributed by atoms with Crippen LogP contribution in [0.3, 0.4) is 0 Å². The molecule has 0 radical (unpaired) electrons. The zero-order valence-corrected chi connectivity index (χ0v) is 17.8. The van der Waals surface area contributed by atoms with Gasteiger partial charge < -0.3 is 9.80 Å². The van der Waals surface area contributed by atoms with Gasteiger partial charge in [0.2, 0.25) is 5.91 Å². The Morgan fingerprint density at radius 2 is 1.81 bits per heavy atom. The molecule has 0 unspecified atom stereocenters. The maximum Gasteiger partial charge on any atom is 0.254 e. The van der Waals surface area contributed by atoms with Crippen LogP contribution in [0.25, 0.3) is 0 Å². The first kappa shape index (κ1) is 20.9. The van der Waals surface area contributed by atoms with Gasteiger partial charge in [-0.2, -0.15) is 0 Å². The third-order valence-electron chi connectivity index (χ3n) is 4.62. The van der Waals surface area contributed by atoms with Crippen molar-refractivity contribution in [3.05, 3.63) is 39.1 Å². The van der Waals surface area contributed by atoms with E-state index in [-0.39, 0.29) is 11.8 Å². The number of hydrogen-bond acceptors (Lipinski definition) is 4. The molecular formula is C20H28N2O2S2. The lowest BCUT2D eigenvalue weighted by Crippen LogP contribution is -2.50. The Morgan fingerprint density at radius 3 is 2.35 bits per heavy atom. The van der Waals surface area contributed by atoms with Crippen molar-refractivity contribution in [1.29, 1.82) is 0 Å². The third-order valence-corrected chi connectivity index (χ3v) is 6.26. The van der Waals surface area contributed by atoms with Crippen LogP contribution >= 0.6 is 24.4 Å². The number of amides is 2. The molecule has 0 saturated carbocycles. The quantitative estimate of drug-likeness (QED) is 0.605. The Labute approximate surface area is 166 Å². The van der Waals surface area contributed by atoms with Gasteiger partial charge in [0.25, 0.3) is 5.91 Å². The van der Waals surface area contributed by atoms with Crippen LogP contribution in [0.4, 0.5) is 0 Å². The number of rotatable bonds is 5. The Kier molecular flexibility index (Phi) is 7.65. The molecule has 1 fully saturated rings. The SMILES string of the molecule is C/C=C(\S)Sc1cc(C(=O)N2CCN(C(C)=O)CC2)c(CCC)cc1C. The maximum absolute atomic E-state index is 13.2. The highest BCUT2D eigenvalue weighted by Gasteiger charge is 2.25. The molecule has 0 N–H and O–H groups in total. The first-order chi connectivity index (χ1) is 12.4. The number of piperazine rings is 1. The van der Waals surface area contributed by atoms with E-state index in [1.807, 2.05) is 24.0 Å². The lowest BCUT2D eigenvalue weighted by atomic mass is 9.99. The van der Waals surface area contributed by atoms with Gasteiger partial charge in [0.05, 0.1) is 0 Å². The van der Waals surface area contributed by atoms with Crippen LogP contribution in [0.15, 0.2) is 27.3 Å². The monoisotopic (exact) mass is 392 g/mol. The second kappa shape index (κ2) is 9.51. The zero-order valence-electron chi connectivity index (χ0n) is 16.0. The molecule has 0 spiro atoms. The highest BCUT2D eigenvalue weighted by molar-refractivity contribution is 8.15. The summed E-state index contributed by atoms with van der Waals surface area (Å²) in [5.74, 6) is 0.144. The maximum atomic E-state index is 13.2. The van der Waals surface area contributed by atoms with Crippen LogP contribution in [-0.4, -0.2) is 47.8 Å². The number of benzene rings is 1. The summed E-state index contributed by atoms with van der Waals surface area (Å²) in [6.45, 7) is 10.1. The van der Waals surface area contributed by atoms with E-state index in [2.05, 4.69) is 32.5 Å². The van der Waals surface area contributed by atoms with Crippen molar-refractivity contribution in [3.63, 3.8) is 0 Å². The van der Waals surface area contributed by atoms with Gasteiger partial charge >= 0.3 is 0 Å². The van der Waals surface area contributed by atoms with Gasteiger partial charge in [-0.25, -0.2) is 0 Å². The Balaban J connectivity index is 2.29. The van der Waals surface area contributed by atoms with Crippen LogP contribution in [0, 0.1) is 6.92 Å². The zero-order chi connectivity index (χ0) is 19.3. The smallest absolute Gasteiger partial charge is 0.254 e. The summed E-state index contributed by atoms with van der Waals surface area (Å²) in [7, 11) is 0. The van der Waals surface area contributed by atoms with Crippen LogP contribution in [0.1, 0.15) is 48.7 Å². The fourth-order valence-electron chi connectivity index (χ4n) is 3.10. The predicted molar refractivity (Wildman–Crippen MR) is 112 cm³/mol. The van der Waals surface area contributed by atoms with Gasteiger partial charge in [0.1, 0.15) is 0 Å². The molecule has 142 valence electrons. The molecule has 0 atom stereocenters. The van der Waals surface area contributed by atoms with Crippen LogP contribution in [-0.2, 0) is 11.2 Å². The molecule has 1 aliphatic heterocycles. The van der Waals surface area contributed by atoms with Gasteiger partial charge in [-0.1, -0.05) is 37.2 Å². The fourth-order valence-corrected chi connectivity index (χ4v) is 4.13. The van der Waals surface area contributed by atoms with Crippen LogP contribution < -0.4 is 0 Å². The molecule has 0 aromatic heterocycles. The van der Waals surface area contributed by atoms with Crippen molar-refractivity contribution in [2.24, 2.45) is 0 Å². The first-order valence-corrected chi connectivity index (χ1v) is 10.3. The number of carbonyl (C=O) groups is 2. The highest BCUT2D eigenvalue weighted by Crippen LogP contribution is 2.34. The number of nitrogens with zero attached hydrogens (tertiary/aromatic N) is 2. The van der Waals surface area contributed by atoms with Crippen molar-refractivity contribution >= 4 is 36.2 Å². The molecule has 26 heavy (non-hydrogen) atoms. The molecule has 0 bridgehead atoms. The topological polar surface area (TPSA) is 40.6 Å². The average molecular weight is 393 g/mol. The van der Waals surface area contributed by atoms with Crippen molar-refractivity contribution in [3.8, 4) is 0 Å². The lowest BCUT2D eigenvalue weighted by molar-refractivity contribution is -0.130. The Morgan fingerprint density at radius 1 is 1.19 bits per heavy atom. The van der Waals surface area contributed by atoms with Crippen molar-refractivity contribution in [2.75, 3.05) is 26.2 Å². The van der Waals surface area contributed by atoms with Gasteiger partial charge in [0.15, 0.2) is 0 Å². The van der Waals surface area contributed by atoms with E-state index in [4.69, 9.17) is 0 Å². The van der Waals surface area contributed by atoms with E-state index in [9.17, 15) is 9.59 Å². The second-order valence-corrected chi connectivity index (χ2v) is 8.42. The standard InChI is InChI=1S/C20H28N2O2S2/c1-5-7-16-12-14(3)18(26-19(25)6-2)13-17(16)20(24)22-10-8-21(9-11-22)15(4)23/h6,12-13,25H,5,7-11H2,1-4H3/b19-6+. The summed E-state index contributed by atoms with van der Waals surface area (Å²) in [5.41, 5.74) is 3.06. The Bertz CT molecular complexity index is 708. The molecule has 4 nitrogen and oxygen atoms in total. The highest BCUT2D eigenvalue weighted by atomic mass is 32.2. The van der Waals surface area contributed by atoms with Crippen molar-refractivity contribution in [1.82, 2.24) is 9.80 Å². The van der Waals surface area contributed by atoms with Crippen molar-refractivity contribution < 1.29 is 9.59 Å². The molecule has 0 aliphatic carbocycles. The fraction of sp³-hybridized carbons (Fsp3) is 0.500. The number of thioether (sulfide) groups is 1. The summed E-state index contributed by atoms with van der Waals surface area (Å²) in [6.07, 6.45) is 3.84.